The van der Waals surface area contributed by atoms with Gasteiger partial charge < -0.3 is 5.32 Å². The van der Waals surface area contributed by atoms with Crippen LogP contribution in [-0.2, 0) is 4.79 Å². The summed E-state index contributed by atoms with van der Waals surface area (Å²) in [5.41, 5.74) is -0.240. The van der Waals surface area contributed by atoms with Gasteiger partial charge in [-0.1, -0.05) is 20.8 Å². The molecule has 0 saturated carbocycles. The second-order valence-electron chi connectivity index (χ2n) is 3.11. The molecular formula is C7H17NO. The molecule has 0 heterocycles. The second kappa shape index (κ2) is 2.85. The molecule has 0 radical (unpaired) electrons. The van der Waals surface area contributed by atoms with E-state index in [1.807, 2.05) is 27.7 Å². The van der Waals surface area contributed by atoms with Gasteiger partial charge in [-0.15, -0.1) is 0 Å². The third-order valence-corrected chi connectivity index (χ3v) is 1.02. The molecule has 1 N–H and O–H groups in total. The van der Waals surface area contributed by atoms with Gasteiger partial charge >= 0.3 is 0 Å². The fraction of sp³-hybridized carbons (Fsp3) is 0.857. The van der Waals surface area contributed by atoms with Crippen molar-refractivity contribution >= 4 is 5.91 Å². The van der Waals surface area contributed by atoms with Crippen LogP contribution < -0.4 is 5.32 Å². The molecule has 0 rings (SSSR count). The molecule has 2 nitrogen and oxygen atoms in total. The van der Waals surface area contributed by atoms with Crippen LogP contribution >= 0.6 is 0 Å². The minimum Gasteiger partial charge on any atom is -0.356 e. The summed E-state index contributed by atoms with van der Waals surface area (Å²) in [7, 11) is 0. The van der Waals surface area contributed by atoms with E-state index in [0.29, 0.717) is 0 Å². The Balaban J connectivity index is 0. The molecule has 56 valence electrons. The first-order valence-electron chi connectivity index (χ1n) is 3.26. The quantitative estimate of drug-likeness (QED) is 0.573. The number of hydrogen-bond acceptors (Lipinski definition) is 1. The average molecular weight is 131 g/mol. The molecule has 0 aromatic carbocycles. The summed E-state index contributed by atoms with van der Waals surface area (Å²) in [6.45, 7) is 8.34. The summed E-state index contributed by atoms with van der Waals surface area (Å²) in [5, 5.41) is 2.75. The molecule has 0 aliphatic heterocycles. The van der Waals surface area contributed by atoms with Gasteiger partial charge in [0.2, 0.25) is 5.91 Å². The zero-order chi connectivity index (χ0) is 7.49. The molecule has 0 aliphatic carbocycles. The Kier molecular flexibility index (Phi) is 2.68. The maximum atomic E-state index is 11.0. The molecule has 0 saturated heterocycles. The van der Waals surface area contributed by atoms with Gasteiger partial charge in [-0.3, -0.25) is 4.79 Å². The Morgan fingerprint density at radius 2 is 2.00 bits per heavy atom. The molecule has 0 aliphatic rings. The van der Waals surface area contributed by atoms with Crippen molar-refractivity contribution in [2.75, 3.05) is 6.54 Å². The molecule has 2 heteroatoms. The van der Waals surface area contributed by atoms with Gasteiger partial charge in [0, 0.05) is 13.4 Å². The van der Waals surface area contributed by atoms with Crippen LogP contribution in [0.3, 0.4) is 0 Å². The Morgan fingerprint density at radius 1 is 1.56 bits per heavy atom. The van der Waals surface area contributed by atoms with E-state index in [-0.39, 0.29) is 12.7 Å². The van der Waals surface area contributed by atoms with E-state index in [4.69, 9.17) is 0 Å². The van der Waals surface area contributed by atoms with Gasteiger partial charge in [-0.25, -0.2) is 0 Å². The van der Waals surface area contributed by atoms with E-state index in [1.54, 1.807) is 0 Å². The molecule has 0 bridgehead atoms. The van der Waals surface area contributed by atoms with Crippen LogP contribution in [0.5, 0.6) is 0 Å². The van der Waals surface area contributed by atoms with E-state index in [0.717, 1.165) is 6.54 Å². The zero-order valence-electron chi connectivity index (χ0n) is 6.62. The number of carbonyl (C=O) groups excluding carboxylic acids is 1. The van der Waals surface area contributed by atoms with Gasteiger partial charge in [0.05, 0.1) is 0 Å². The first-order chi connectivity index (χ1) is 3.98. The third kappa shape index (κ3) is 3.12. The second-order valence-corrected chi connectivity index (χ2v) is 3.11. The summed E-state index contributed by atoms with van der Waals surface area (Å²) in [4.78, 5) is 11.0. The molecule has 0 spiro atoms. The molecular weight excluding hydrogens is 114 g/mol. The summed E-state index contributed by atoms with van der Waals surface area (Å²) in [5.74, 6) is 0.116. The van der Waals surface area contributed by atoms with Crippen LogP contribution in [0.15, 0.2) is 0 Å². The molecule has 1 amide bonds. The van der Waals surface area contributed by atoms with Crippen LogP contribution in [0.4, 0.5) is 0 Å². The predicted octanol–water partition coefficient (Wildman–Crippen LogP) is 1.41. The van der Waals surface area contributed by atoms with Gasteiger partial charge in [0.25, 0.3) is 0 Å². The number of carbonyl (C=O) groups is 1. The minimum absolute atomic E-state index is 0. The molecule has 0 fully saturated rings. The van der Waals surface area contributed by atoms with Crippen molar-refractivity contribution in [2.24, 2.45) is 5.41 Å². The van der Waals surface area contributed by atoms with Crippen molar-refractivity contribution < 1.29 is 6.22 Å². The lowest BCUT2D eigenvalue weighted by Crippen LogP contribution is -2.34. The van der Waals surface area contributed by atoms with E-state index in [9.17, 15) is 4.79 Å². The maximum absolute atomic E-state index is 11.0. The van der Waals surface area contributed by atoms with E-state index in [1.165, 1.54) is 0 Å². The smallest absolute Gasteiger partial charge is 0.225 e. The lowest BCUT2D eigenvalue weighted by atomic mass is 9.96. The highest BCUT2D eigenvalue weighted by atomic mass is 16.2. The third-order valence-electron chi connectivity index (χ3n) is 1.02. The van der Waals surface area contributed by atoms with Gasteiger partial charge in [0.15, 0.2) is 0 Å². The summed E-state index contributed by atoms with van der Waals surface area (Å²) in [6.07, 6.45) is 0. The molecule has 0 aromatic rings. The first-order valence-corrected chi connectivity index (χ1v) is 3.26. The summed E-state index contributed by atoms with van der Waals surface area (Å²) in [6, 6.07) is 0. The topological polar surface area (TPSA) is 29.1 Å². The maximum Gasteiger partial charge on any atom is 0.225 e. The zero-order valence-corrected chi connectivity index (χ0v) is 6.62. The van der Waals surface area contributed by atoms with E-state index in [2.05, 4.69) is 5.32 Å². The Labute approximate surface area is 58.1 Å². The average Bonchev–Trinajstić information content (AvgIpc) is 1.64. The van der Waals surface area contributed by atoms with Gasteiger partial charge in [-0.2, -0.15) is 0 Å². The molecule has 0 atom stereocenters. The largest absolute Gasteiger partial charge is 0.356 e. The normalized spacial score (nSPS) is 11.1. The number of amides is 1. The van der Waals surface area contributed by atoms with Crippen molar-refractivity contribution in [3.05, 3.63) is 0 Å². The van der Waals surface area contributed by atoms with Crippen LogP contribution in [0.2, 0.25) is 0 Å². The van der Waals surface area contributed by atoms with Crippen molar-refractivity contribution in [1.29, 1.82) is 0 Å². The van der Waals surface area contributed by atoms with Crippen LogP contribution in [0, 0.1) is 5.41 Å². The summed E-state index contributed by atoms with van der Waals surface area (Å²) < 4.78 is 0. The monoisotopic (exact) mass is 131 g/mol. The Bertz CT molecular complexity index is 107. The fourth-order valence-corrected chi connectivity index (χ4v) is 0.426. The Morgan fingerprint density at radius 3 is 2.11 bits per heavy atom. The lowest BCUT2D eigenvalue weighted by molar-refractivity contribution is -0.128. The van der Waals surface area contributed by atoms with E-state index >= 15 is 0 Å². The number of hydrogen-bond donors (Lipinski definition) is 1. The SMILES string of the molecule is CCNC(=O)C(C)(C)C.[HH]. The molecule has 0 aromatic heterocycles. The predicted molar refractivity (Wildman–Crippen MR) is 40.3 cm³/mol. The number of rotatable bonds is 1. The molecule has 0 unspecified atom stereocenters. The standard InChI is InChI=1S/C7H15NO.H2/c1-5-8-6(9)7(2,3)4;/h5H2,1-4H3,(H,8,9);1H. The van der Waals surface area contributed by atoms with Crippen LogP contribution in [0.25, 0.3) is 0 Å². The molecule has 9 heavy (non-hydrogen) atoms. The van der Waals surface area contributed by atoms with Crippen molar-refractivity contribution in [1.82, 2.24) is 5.32 Å². The minimum atomic E-state index is -0.240. The van der Waals surface area contributed by atoms with E-state index < -0.39 is 0 Å². The van der Waals surface area contributed by atoms with Crippen molar-refractivity contribution in [3.8, 4) is 0 Å². The van der Waals surface area contributed by atoms with Crippen molar-refractivity contribution in [3.63, 3.8) is 0 Å². The van der Waals surface area contributed by atoms with Crippen LogP contribution in [-0.4, -0.2) is 12.5 Å². The highest BCUT2D eigenvalue weighted by Crippen LogP contribution is 2.11. The number of nitrogens with one attached hydrogen (secondary N) is 1. The first kappa shape index (κ1) is 8.47. The highest BCUT2D eigenvalue weighted by Gasteiger charge is 2.19. The Hall–Kier alpha value is -0.530. The van der Waals surface area contributed by atoms with Crippen LogP contribution in [0.1, 0.15) is 29.1 Å². The van der Waals surface area contributed by atoms with Gasteiger partial charge in [0.1, 0.15) is 0 Å². The summed E-state index contributed by atoms with van der Waals surface area (Å²) >= 11 is 0. The highest BCUT2D eigenvalue weighted by molar-refractivity contribution is 5.81. The van der Waals surface area contributed by atoms with Crippen molar-refractivity contribution in [2.45, 2.75) is 27.7 Å². The fourth-order valence-electron chi connectivity index (χ4n) is 0.426. The lowest BCUT2D eigenvalue weighted by Gasteiger charge is -2.16. The van der Waals surface area contributed by atoms with Gasteiger partial charge in [-0.05, 0) is 6.92 Å².